The Balaban J connectivity index is 2.00. The Bertz CT molecular complexity index is 647. The number of nitrogens with zero attached hydrogens (tertiary/aromatic N) is 1. The molecular weight excluding hydrogens is 336 g/mol. The lowest BCUT2D eigenvalue weighted by Gasteiger charge is -2.09. The van der Waals surface area contributed by atoms with Crippen LogP contribution in [0.25, 0.3) is 0 Å². The minimum atomic E-state index is -0.374. The molecule has 5 nitrogen and oxygen atoms in total. The molecule has 0 radical (unpaired) electrons. The van der Waals surface area contributed by atoms with Gasteiger partial charge in [-0.15, -0.1) is 0 Å². The van der Waals surface area contributed by atoms with E-state index in [-0.39, 0.29) is 10.6 Å². The van der Waals surface area contributed by atoms with E-state index < -0.39 is 0 Å². The lowest BCUT2D eigenvalue weighted by atomic mass is 10.1. The number of nitrogens with two attached hydrogens (primary N) is 1. The van der Waals surface area contributed by atoms with E-state index in [2.05, 4.69) is 15.9 Å². The number of benzene rings is 2. The summed E-state index contributed by atoms with van der Waals surface area (Å²) >= 11 is 3.41. The topological polar surface area (TPSA) is 78.4 Å². The SMILES string of the molecule is NCc1cc(OCCc2ccccc2[N+](=O)[O-])ccc1Br. The molecule has 2 aromatic rings. The molecule has 0 atom stereocenters. The summed E-state index contributed by atoms with van der Waals surface area (Å²) in [4.78, 5) is 10.5. The Kier molecular flexibility index (Phi) is 5.30. The zero-order chi connectivity index (χ0) is 15.2. The molecule has 21 heavy (non-hydrogen) atoms. The van der Waals surface area contributed by atoms with Crippen molar-refractivity contribution in [3.05, 3.63) is 68.2 Å². The van der Waals surface area contributed by atoms with Gasteiger partial charge in [0, 0.05) is 29.1 Å². The van der Waals surface area contributed by atoms with E-state index in [0.717, 1.165) is 10.0 Å². The summed E-state index contributed by atoms with van der Waals surface area (Å²) < 4.78 is 6.58. The summed E-state index contributed by atoms with van der Waals surface area (Å²) in [6.07, 6.45) is 0.477. The fourth-order valence-electron chi connectivity index (χ4n) is 1.98. The largest absolute Gasteiger partial charge is 0.493 e. The van der Waals surface area contributed by atoms with Gasteiger partial charge in [-0.2, -0.15) is 0 Å². The van der Waals surface area contributed by atoms with Gasteiger partial charge in [0.15, 0.2) is 0 Å². The van der Waals surface area contributed by atoms with Crippen LogP contribution in [0.4, 0.5) is 5.69 Å². The Morgan fingerprint density at radius 3 is 2.67 bits per heavy atom. The molecule has 0 saturated carbocycles. The van der Waals surface area contributed by atoms with Crippen molar-refractivity contribution in [3.8, 4) is 5.75 Å². The van der Waals surface area contributed by atoms with Crippen LogP contribution in [0.1, 0.15) is 11.1 Å². The maximum atomic E-state index is 10.9. The number of hydrogen-bond acceptors (Lipinski definition) is 4. The lowest BCUT2D eigenvalue weighted by Crippen LogP contribution is -2.05. The van der Waals surface area contributed by atoms with Crippen molar-refractivity contribution in [1.29, 1.82) is 0 Å². The Labute approximate surface area is 131 Å². The summed E-state index contributed by atoms with van der Waals surface area (Å²) in [6, 6.07) is 12.3. The molecule has 0 amide bonds. The molecule has 0 aliphatic rings. The number of ether oxygens (including phenoxy) is 1. The van der Waals surface area contributed by atoms with Crippen LogP contribution in [0, 0.1) is 10.1 Å². The third-order valence-corrected chi connectivity index (χ3v) is 3.84. The zero-order valence-corrected chi connectivity index (χ0v) is 12.9. The average Bonchev–Trinajstić information content (AvgIpc) is 2.49. The summed E-state index contributed by atoms with van der Waals surface area (Å²) in [5.41, 5.74) is 7.38. The number of nitro benzene ring substituents is 1. The van der Waals surface area contributed by atoms with Gasteiger partial charge in [0.05, 0.1) is 11.5 Å². The van der Waals surface area contributed by atoms with E-state index in [1.165, 1.54) is 6.07 Å². The normalized spacial score (nSPS) is 10.4. The smallest absolute Gasteiger partial charge is 0.272 e. The molecule has 0 bridgehead atoms. The minimum absolute atomic E-state index is 0.125. The number of rotatable bonds is 6. The Hall–Kier alpha value is -1.92. The van der Waals surface area contributed by atoms with Gasteiger partial charge in [-0.1, -0.05) is 34.1 Å². The van der Waals surface area contributed by atoms with E-state index >= 15 is 0 Å². The fraction of sp³-hybridized carbons (Fsp3) is 0.200. The highest BCUT2D eigenvalue weighted by Gasteiger charge is 2.12. The predicted molar refractivity (Wildman–Crippen MR) is 84.3 cm³/mol. The summed E-state index contributed by atoms with van der Waals surface area (Å²) in [6.45, 7) is 0.790. The number of para-hydroxylation sites is 1. The van der Waals surface area contributed by atoms with Crippen molar-refractivity contribution in [2.45, 2.75) is 13.0 Å². The van der Waals surface area contributed by atoms with E-state index in [1.54, 1.807) is 18.2 Å². The number of nitro groups is 1. The second-order valence-corrected chi connectivity index (χ2v) is 5.30. The lowest BCUT2D eigenvalue weighted by molar-refractivity contribution is -0.385. The molecule has 0 aliphatic carbocycles. The highest BCUT2D eigenvalue weighted by atomic mass is 79.9. The second kappa shape index (κ2) is 7.19. The first-order valence-electron chi connectivity index (χ1n) is 6.45. The van der Waals surface area contributed by atoms with Crippen molar-refractivity contribution >= 4 is 21.6 Å². The van der Waals surface area contributed by atoms with Gasteiger partial charge in [0.2, 0.25) is 0 Å². The van der Waals surface area contributed by atoms with Gasteiger partial charge in [0.25, 0.3) is 5.69 Å². The van der Waals surface area contributed by atoms with Crippen LogP contribution in [0.5, 0.6) is 5.75 Å². The number of hydrogen-bond donors (Lipinski definition) is 1. The van der Waals surface area contributed by atoms with E-state index in [9.17, 15) is 10.1 Å². The summed E-state index contributed by atoms with van der Waals surface area (Å²) in [7, 11) is 0. The van der Waals surface area contributed by atoms with E-state index in [1.807, 2.05) is 18.2 Å². The molecule has 0 fully saturated rings. The van der Waals surface area contributed by atoms with Crippen molar-refractivity contribution in [3.63, 3.8) is 0 Å². The van der Waals surface area contributed by atoms with Crippen molar-refractivity contribution in [1.82, 2.24) is 0 Å². The molecule has 6 heteroatoms. The third-order valence-electron chi connectivity index (χ3n) is 3.07. The van der Waals surface area contributed by atoms with Crippen LogP contribution in [-0.4, -0.2) is 11.5 Å². The molecule has 2 N–H and O–H groups in total. The van der Waals surface area contributed by atoms with Crippen LogP contribution in [0.2, 0.25) is 0 Å². The first-order chi connectivity index (χ1) is 10.1. The van der Waals surface area contributed by atoms with E-state index in [0.29, 0.717) is 30.9 Å². The van der Waals surface area contributed by atoms with Gasteiger partial charge in [-0.25, -0.2) is 0 Å². The molecule has 0 heterocycles. The Morgan fingerprint density at radius 2 is 1.95 bits per heavy atom. The molecule has 2 aromatic carbocycles. The van der Waals surface area contributed by atoms with Crippen molar-refractivity contribution in [2.75, 3.05) is 6.61 Å². The van der Waals surface area contributed by atoms with Crippen molar-refractivity contribution < 1.29 is 9.66 Å². The monoisotopic (exact) mass is 350 g/mol. The summed E-state index contributed by atoms with van der Waals surface area (Å²) in [5, 5.41) is 10.9. The molecule has 2 rings (SSSR count). The van der Waals surface area contributed by atoms with Crippen LogP contribution in [-0.2, 0) is 13.0 Å². The second-order valence-electron chi connectivity index (χ2n) is 4.44. The van der Waals surface area contributed by atoms with Crippen LogP contribution < -0.4 is 10.5 Å². The molecule has 0 aromatic heterocycles. The van der Waals surface area contributed by atoms with Crippen LogP contribution >= 0.6 is 15.9 Å². The fourth-order valence-corrected chi connectivity index (χ4v) is 2.38. The first kappa shape index (κ1) is 15.5. The third kappa shape index (κ3) is 4.03. The van der Waals surface area contributed by atoms with Crippen LogP contribution in [0.15, 0.2) is 46.9 Å². The standard InChI is InChI=1S/C15H15BrN2O3/c16-14-6-5-13(9-12(14)10-17)21-8-7-11-3-1-2-4-15(11)18(19)20/h1-6,9H,7-8,10,17H2. The first-order valence-corrected chi connectivity index (χ1v) is 7.24. The average molecular weight is 351 g/mol. The minimum Gasteiger partial charge on any atom is -0.493 e. The predicted octanol–water partition coefficient (Wildman–Crippen LogP) is 3.44. The number of halogens is 1. The molecule has 0 spiro atoms. The molecule has 0 aliphatic heterocycles. The quantitative estimate of drug-likeness (QED) is 0.639. The van der Waals surface area contributed by atoms with Gasteiger partial charge < -0.3 is 10.5 Å². The van der Waals surface area contributed by atoms with Crippen molar-refractivity contribution in [2.24, 2.45) is 5.73 Å². The molecule has 0 saturated heterocycles. The van der Waals surface area contributed by atoms with Crippen LogP contribution in [0.3, 0.4) is 0 Å². The Morgan fingerprint density at radius 1 is 1.19 bits per heavy atom. The maximum absolute atomic E-state index is 10.9. The molecular formula is C15H15BrN2O3. The molecule has 0 unspecified atom stereocenters. The van der Waals surface area contributed by atoms with E-state index in [4.69, 9.17) is 10.5 Å². The summed E-state index contributed by atoms with van der Waals surface area (Å²) in [5.74, 6) is 0.706. The van der Waals surface area contributed by atoms with Gasteiger partial charge in [0.1, 0.15) is 5.75 Å². The maximum Gasteiger partial charge on any atom is 0.272 e. The highest BCUT2D eigenvalue weighted by molar-refractivity contribution is 9.10. The van der Waals surface area contributed by atoms with Gasteiger partial charge in [-0.05, 0) is 23.8 Å². The van der Waals surface area contributed by atoms with Gasteiger partial charge in [-0.3, -0.25) is 10.1 Å². The zero-order valence-electron chi connectivity index (χ0n) is 11.3. The highest BCUT2D eigenvalue weighted by Crippen LogP contribution is 2.23. The molecule has 110 valence electrons. The van der Waals surface area contributed by atoms with Gasteiger partial charge >= 0.3 is 0 Å².